The van der Waals surface area contributed by atoms with Gasteiger partial charge in [0.2, 0.25) is 0 Å². The van der Waals surface area contributed by atoms with Crippen molar-refractivity contribution in [3.8, 4) is 0 Å². The molecule has 2 N–H and O–H groups in total. The molecule has 0 bridgehead atoms. The number of rotatable bonds is 3. The Morgan fingerprint density at radius 3 is 2.54 bits per heavy atom. The van der Waals surface area contributed by atoms with Gasteiger partial charge in [-0.25, -0.2) is 8.78 Å². The second-order valence-electron chi connectivity index (χ2n) is 2.89. The summed E-state index contributed by atoms with van der Waals surface area (Å²) in [7, 11) is 0. The topological polar surface area (TPSA) is 26.0 Å². The van der Waals surface area contributed by atoms with E-state index in [9.17, 15) is 8.78 Å². The van der Waals surface area contributed by atoms with Crippen molar-refractivity contribution in [1.29, 1.82) is 0 Å². The van der Waals surface area contributed by atoms with E-state index in [0.29, 0.717) is 12.0 Å². The zero-order valence-electron chi connectivity index (χ0n) is 7.61. The van der Waals surface area contributed by atoms with Gasteiger partial charge >= 0.3 is 0 Å². The van der Waals surface area contributed by atoms with Crippen LogP contribution in [0, 0.1) is 11.6 Å². The van der Waals surface area contributed by atoms with Crippen molar-refractivity contribution < 1.29 is 8.78 Å². The van der Waals surface area contributed by atoms with E-state index in [4.69, 9.17) is 5.73 Å². The van der Waals surface area contributed by atoms with Gasteiger partial charge in [0, 0.05) is 5.56 Å². The molecule has 0 spiro atoms. The van der Waals surface area contributed by atoms with Gasteiger partial charge in [0.25, 0.3) is 0 Å². The van der Waals surface area contributed by atoms with Crippen LogP contribution in [0.15, 0.2) is 12.1 Å². The molecule has 0 aliphatic carbocycles. The first-order valence-corrected chi connectivity index (χ1v) is 4.36. The van der Waals surface area contributed by atoms with Gasteiger partial charge in [-0.15, -0.1) is 0 Å². The van der Waals surface area contributed by atoms with Crippen molar-refractivity contribution >= 4 is 0 Å². The molecule has 0 amide bonds. The number of hydrogen-bond acceptors (Lipinski definition) is 1. The lowest BCUT2D eigenvalue weighted by Crippen LogP contribution is -2.08. The first kappa shape index (κ1) is 10.1. The van der Waals surface area contributed by atoms with E-state index < -0.39 is 11.6 Å². The highest BCUT2D eigenvalue weighted by atomic mass is 19.1. The fourth-order valence-electron chi connectivity index (χ4n) is 1.29. The van der Waals surface area contributed by atoms with Gasteiger partial charge in [-0.1, -0.05) is 13.0 Å². The van der Waals surface area contributed by atoms with E-state index in [1.165, 1.54) is 12.1 Å². The molecule has 0 heterocycles. The largest absolute Gasteiger partial charge is 0.330 e. The number of hydrogen-bond donors (Lipinski definition) is 1. The number of aryl methyl sites for hydroxylation is 1. The van der Waals surface area contributed by atoms with Crippen molar-refractivity contribution in [1.82, 2.24) is 0 Å². The number of halogens is 2. The van der Waals surface area contributed by atoms with Crippen LogP contribution in [0.25, 0.3) is 0 Å². The predicted molar refractivity (Wildman–Crippen MR) is 48.5 cm³/mol. The van der Waals surface area contributed by atoms with Crippen molar-refractivity contribution in [3.63, 3.8) is 0 Å². The molecule has 72 valence electrons. The van der Waals surface area contributed by atoms with Crippen LogP contribution in [0.3, 0.4) is 0 Å². The maximum atomic E-state index is 13.4. The Kier molecular flexibility index (Phi) is 3.37. The number of nitrogens with two attached hydrogens (primary N) is 1. The summed E-state index contributed by atoms with van der Waals surface area (Å²) < 4.78 is 26.5. The second-order valence-corrected chi connectivity index (χ2v) is 2.89. The van der Waals surface area contributed by atoms with Gasteiger partial charge in [0.1, 0.15) is 11.6 Å². The van der Waals surface area contributed by atoms with E-state index in [1.54, 1.807) is 0 Å². The van der Waals surface area contributed by atoms with E-state index in [1.807, 2.05) is 6.92 Å². The molecular weight excluding hydrogens is 172 g/mol. The summed E-state index contributed by atoms with van der Waals surface area (Å²) >= 11 is 0. The van der Waals surface area contributed by atoms with Crippen LogP contribution in [0.2, 0.25) is 0 Å². The SMILES string of the molecule is CCc1ccc(F)c(CCN)c1F. The summed E-state index contributed by atoms with van der Waals surface area (Å²) in [4.78, 5) is 0. The van der Waals surface area contributed by atoms with Crippen LogP contribution in [-0.4, -0.2) is 6.54 Å². The molecule has 0 aliphatic rings. The average Bonchev–Trinajstić information content (AvgIpc) is 2.12. The third kappa shape index (κ3) is 2.04. The van der Waals surface area contributed by atoms with Crippen LogP contribution in [0.4, 0.5) is 8.78 Å². The van der Waals surface area contributed by atoms with Crippen LogP contribution in [0.1, 0.15) is 18.1 Å². The zero-order valence-corrected chi connectivity index (χ0v) is 7.61. The fraction of sp³-hybridized carbons (Fsp3) is 0.400. The molecule has 1 rings (SSSR count). The van der Waals surface area contributed by atoms with Crippen molar-refractivity contribution in [2.75, 3.05) is 6.54 Å². The lowest BCUT2D eigenvalue weighted by atomic mass is 10.0. The van der Waals surface area contributed by atoms with Gasteiger partial charge in [-0.05, 0) is 31.0 Å². The van der Waals surface area contributed by atoms with Gasteiger partial charge < -0.3 is 5.73 Å². The minimum Gasteiger partial charge on any atom is -0.330 e. The molecule has 1 aromatic carbocycles. The van der Waals surface area contributed by atoms with E-state index in [0.717, 1.165) is 0 Å². The summed E-state index contributed by atoms with van der Waals surface area (Å²) in [6.45, 7) is 2.10. The van der Waals surface area contributed by atoms with Gasteiger partial charge in [-0.3, -0.25) is 0 Å². The minimum atomic E-state index is -0.500. The maximum Gasteiger partial charge on any atom is 0.132 e. The Morgan fingerprint density at radius 1 is 1.31 bits per heavy atom. The summed E-state index contributed by atoms with van der Waals surface area (Å²) in [5.74, 6) is -0.937. The third-order valence-corrected chi connectivity index (χ3v) is 2.04. The minimum absolute atomic E-state index is 0.113. The molecule has 1 nitrogen and oxygen atoms in total. The molecule has 1 aromatic rings. The Balaban J connectivity index is 3.13. The average molecular weight is 185 g/mol. The first-order chi connectivity index (χ1) is 6.20. The molecule has 3 heteroatoms. The summed E-state index contributed by atoms with van der Waals surface area (Å²) in [6, 6.07) is 2.78. The molecule has 0 radical (unpaired) electrons. The monoisotopic (exact) mass is 185 g/mol. The van der Waals surface area contributed by atoms with Crippen LogP contribution < -0.4 is 5.73 Å². The smallest absolute Gasteiger partial charge is 0.132 e. The highest BCUT2D eigenvalue weighted by molar-refractivity contribution is 5.27. The molecule has 13 heavy (non-hydrogen) atoms. The van der Waals surface area contributed by atoms with Gasteiger partial charge in [0.05, 0.1) is 0 Å². The molecule has 0 fully saturated rings. The molecule has 0 saturated carbocycles. The zero-order chi connectivity index (χ0) is 9.84. The van der Waals surface area contributed by atoms with Crippen LogP contribution in [-0.2, 0) is 12.8 Å². The quantitative estimate of drug-likeness (QED) is 0.766. The normalized spacial score (nSPS) is 10.5. The Labute approximate surface area is 76.6 Å². The Hall–Kier alpha value is -0.960. The second kappa shape index (κ2) is 4.33. The van der Waals surface area contributed by atoms with E-state index in [-0.39, 0.29) is 18.5 Å². The fourth-order valence-corrected chi connectivity index (χ4v) is 1.29. The molecule has 0 saturated heterocycles. The molecular formula is C10H13F2N. The number of benzene rings is 1. The van der Waals surface area contributed by atoms with E-state index in [2.05, 4.69) is 0 Å². The standard InChI is InChI=1S/C10H13F2N/c1-2-7-3-4-9(11)8(5-6-13)10(7)12/h3-4H,2,5-6,13H2,1H3. The van der Waals surface area contributed by atoms with Crippen LogP contribution in [0.5, 0.6) is 0 Å². The molecule has 0 atom stereocenters. The molecule has 0 aromatic heterocycles. The highest BCUT2D eigenvalue weighted by Gasteiger charge is 2.11. The molecule has 0 unspecified atom stereocenters. The van der Waals surface area contributed by atoms with E-state index >= 15 is 0 Å². The van der Waals surface area contributed by atoms with Gasteiger partial charge in [0.15, 0.2) is 0 Å². The van der Waals surface area contributed by atoms with Crippen LogP contribution >= 0.6 is 0 Å². The summed E-state index contributed by atoms with van der Waals surface area (Å²) in [5.41, 5.74) is 5.92. The maximum absolute atomic E-state index is 13.4. The predicted octanol–water partition coefficient (Wildman–Crippen LogP) is 2.03. The van der Waals surface area contributed by atoms with Crippen molar-refractivity contribution in [2.45, 2.75) is 19.8 Å². The van der Waals surface area contributed by atoms with Crippen molar-refractivity contribution in [2.24, 2.45) is 5.73 Å². The Morgan fingerprint density at radius 2 is 2.00 bits per heavy atom. The summed E-state index contributed by atoms with van der Waals surface area (Å²) in [6.07, 6.45) is 0.829. The molecule has 0 aliphatic heterocycles. The third-order valence-electron chi connectivity index (χ3n) is 2.04. The van der Waals surface area contributed by atoms with Gasteiger partial charge in [-0.2, -0.15) is 0 Å². The van der Waals surface area contributed by atoms with Crippen molar-refractivity contribution in [3.05, 3.63) is 34.9 Å². The summed E-state index contributed by atoms with van der Waals surface area (Å²) in [5, 5.41) is 0. The lowest BCUT2D eigenvalue weighted by molar-refractivity contribution is 0.546. The highest BCUT2D eigenvalue weighted by Crippen LogP contribution is 2.17. The lowest BCUT2D eigenvalue weighted by Gasteiger charge is -2.06. The Bertz CT molecular complexity index is 297. The first-order valence-electron chi connectivity index (χ1n) is 4.36.